The van der Waals surface area contributed by atoms with Crippen LogP contribution in [0.5, 0.6) is 0 Å². The third-order valence-corrected chi connectivity index (χ3v) is 3.36. The topological polar surface area (TPSA) is 53.7 Å². The molecule has 0 amide bonds. The van der Waals surface area contributed by atoms with Crippen molar-refractivity contribution in [2.45, 2.75) is 19.6 Å². The van der Waals surface area contributed by atoms with Crippen molar-refractivity contribution in [3.8, 4) is 0 Å². The van der Waals surface area contributed by atoms with E-state index in [9.17, 15) is 0 Å². The average molecular weight is 201 g/mol. The Balaban J connectivity index is 2.18. The quantitative estimate of drug-likeness (QED) is 0.701. The molecule has 0 bridgehead atoms. The second-order valence-corrected chi connectivity index (χ2v) is 4.77. The Morgan fingerprint density at radius 1 is 1.36 bits per heavy atom. The van der Waals surface area contributed by atoms with E-state index in [1.807, 2.05) is 0 Å². The fourth-order valence-corrected chi connectivity index (χ4v) is 2.26. The summed E-state index contributed by atoms with van der Waals surface area (Å²) in [5.74, 6) is -0.273. The van der Waals surface area contributed by atoms with Crippen LogP contribution >= 0.6 is 0 Å². The van der Waals surface area contributed by atoms with Gasteiger partial charge in [-0.2, -0.15) is 0 Å². The molecule has 1 atom stereocenters. The van der Waals surface area contributed by atoms with Crippen molar-refractivity contribution in [1.29, 1.82) is 0 Å². The Labute approximate surface area is 84.7 Å². The molecule has 2 aliphatic rings. The maximum Gasteiger partial charge on any atom is 0.197 e. The van der Waals surface area contributed by atoms with E-state index in [1.54, 1.807) is 0 Å². The Bertz CT molecular complexity index is 206. The predicted molar refractivity (Wildman–Crippen MR) is 51.8 cm³/mol. The fraction of sp³-hybridized carbons (Fsp3) is 1.00. The highest BCUT2D eigenvalue weighted by molar-refractivity contribution is 4.95. The summed E-state index contributed by atoms with van der Waals surface area (Å²) < 4.78 is 16.9. The third kappa shape index (κ3) is 1.46. The maximum atomic E-state index is 5.77. The van der Waals surface area contributed by atoms with E-state index in [4.69, 9.17) is 19.9 Å². The summed E-state index contributed by atoms with van der Waals surface area (Å²) in [6, 6.07) is 0. The van der Waals surface area contributed by atoms with Gasteiger partial charge in [-0.15, -0.1) is 0 Å². The number of ether oxygens (including phenoxy) is 3. The molecule has 82 valence electrons. The molecule has 2 aliphatic heterocycles. The molecule has 0 aromatic carbocycles. The predicted octanol–water partition coefficient (Wildman–Crippen LogP) is 0.361. The number of hydrogen-bond acceptors (Lipinski definition) is 4. The van der Waals surface area contributed by atoms with Crippen LogP contribution in [0.2, 0.25) is 0 Å². The van der Waals surface area contributed by atoms with Gasteiger partial charge in [-0.1, -0.05) is 13.8 Å². The summed E-state index contributed by atoms with van der Waals surface area (Å²) in [5, 5.41) is 0. The Morgan fingerprint density at radius 3 is 2.57 bits per heavy atom. The van der Waals surface area contributed by atoms with Gasteiger partial charge in [0.15, 0.2) is 5.79 Å². The Hall–Kier alpha value is -0.160. The molecule has 0 aromatic rings. The van der Waals surface area contributed by atoms with Crippen LogP contribution in [0.1, 0.15) is 13.8 Å². The standard InChI is InChI=1S/C10H19NO3/c1-9(2,6-11)8-5-12-7-10(8)13-3-4-14-10/h8H,3-7,11H2,1-2H3/t8-/m0/s1. The van der Waals surface area contributed by atoms with Gasteiger partial charge in [0.05, 0.1) is 19.8 Å². The summed E-state index contributed by atoms with van der Waals surface area (Å²) in [7, 11) is 0. The molecule has 4 nitrogen and oxygen atoms in total. The van der Waals surface area contributed by atoms with Crippen LogP contribution in [0.25, 0.3) is 0 Å². The summed E-state index contributed by atoms with van der Waals surface area (Å²) >= 11 is 0. The van der Waals surface area contributed by atoms with Gasteiger partial charge in [0, 0.05) is 5.92 Å². The van der Waals surface area contributed by atoms with Crippen molar-refractivity contribution in [1.82, 2.24) is 0 Å². The normalized spacial score (nSPS) is 31.5. The first-order valence-electron chi connectivity index (χ1n) is 5.16. The van der Waals surface area contributed by atoms with Gasteiger partial charge in [-0.05, 0) is 12.0 Å². The van der Waals surface area contributed by atoms with Crippen molar-refractivity contribution in [3.63, 3.8) is 0 Å². The highest BCUT2D eigenvalue weighted by Crippen LogP contribution is 2.43. The number of hydrogen-bond donors (Lipinski definition) is 1. The van der Waals surface area contributed by atoms with Crippen molar-refractivity contribution < 1.29 is 14.2 Å². The van der Waals surface area contributed by atoms with E-state index in [2.05, 4.69) is 13.8 Å². The molecular formula is C10H19NO3. The molecule has 2 N–H and O–H groups in total. The molecule has 2 rings (SSSR count). The average Bonchev–Trinajstić information content (AvgIpc) is 2.77. The van der Waals surface area contributed by atoms with Gasteiger partial charge in [0.2, 0.25) is 0 Å². The van der Waals surface area contributed by atoms with E-state index in [0.29, 0.717) is 33.0 Å². The molecule has 4 heteroatoms. The van der Waals surface area contributed by atoms with Gasteiger partial charge in [-0.25, -0.2) is 0 Å². The van der Waals surface area contributed by atoms with Crippen LogP contribution in [0, 0.1) is 11.3 Å². The van der Waals surface area contributed by atoms with E-state index < -0.39 is 5.79 Å². The molecule has 0 aromatic heterocycles. The number of nitrogens with two attached hydrogens (primary N) is 1. The minimum Gasteiger partial charge on any atom is -0.375 e. The smallest absolute Gasteiger partial charge is 0.197 e. The SMILES string of the molecule is CC(C)(CN)[C@@H]1COCC12OCCO2. The van der Waals surface area contributed by atoms with Crippen LogP contribution in [-0.4, -0.2) is 38.8 Å². The number of rotatable bonds is 2. The summed E-state index contributed by atoms with van der Waals surface area (Å²) in [5.41, 5.74) is 5.77. The van der Waals surface area contributed by atoms with Crippen LogP contribution in [-0.2, 0) is 14.2 Å². The van der Waals surface area contributed by atoms with Crippen LogP contribution in [0.3, 0.4) is 0 Å². The van der Waals surface area contributed by atoms with E-state index in [-0.39, 0.29) is 11.3 Å². The van der Waals surface area contributed by atoms with Gasteiger partial charge in [-0.3, -0.25) is 0 Å². The first-order chi connectivity index (χ1) is 6.61. The molecule has 2 fully saturated rings. The fourth-order valence-electron chi connectivity index (χ4n) is 2.26. The maximum absolute atomic E-state index is 5.77. The molecule has 2 heterocycles. The van der Waals surface area contributed by atoms with E-state index in [1.165, 1.54) is 0 Å². The Morgan fingerprint density at radius 2 is 2.00 bits per heavy atom. The van der Waals surface area contributed by atoms with Crippen molar-refractivity contribution in [2.75, 3.05) is 33.0 Å². The molecule has 14 heavy (non-hydrogen) atoms. The summed E-state index contributed by atoms with van der Waals surface area (Å²) in [4.78, 5) is 0. The minimum absolute atomic E-state index is 0.000833. The molecule has 2 saturated heterocycles. The van der Waals surface area contributed by atoms with Crippen molar-refractivity contribution in [2.24, 2.45) is 17.1 Å². The summed E-state index contributed by atoms with van der Waals surface area (Å²) in [6.45, 7) is 7.46. The van der Waals surface area contributed by atoms with Gasteiger partial charge in [0.1, 0.15) is 6.61 Å². The first-order valence-corrected chi connectivity index (χ1v) is 5.16. The highest BCUT2D eigenvalue weighted by Gasteiger charge is 2.54. The van der Waals surface area contributed by atoms with Crippen LogP contribution in [0.4, 0.5) is 0 Å². The van der Waals surface area contributed by atoms with Gasteiger partial charge in [0.25, 0.3) is 0 Å². The lowest BCUT2D eigenvalue weighted by atomic mass is 9.75. The van der Waals surface area contributed by atoms with Crippen LogP contribution in [0.15, 0.2) is 0 Å². The highest BCUT2D eigenvalue weighted by atomic mass is 16.8. The second-order valence-electron chi connectivity index (χ2n) is 4.77. The Kier molecular flexibility index (Phi) is 2.55. The largest absolute Gasteiger partial charge is 0.375 e. The van der Waals surface area contributed by atoms with Crippen molar-refractivity contribution in [3.05, 3.63) is 0 Å². The minimum atomic E-state index is -0.511. The molecule has 0 unspecified atom stereocenters. The lowest BCUT2D eigenvalue weighted by Gasteiger charge is -2.37. The van der Waals surface area contributed by atoms with Crippen molar-refractivity contribution >= 4 is 0 Å². The third-order valence-electron chi connectivity index (χ3n) is 3.36. The molecule has 1 spiro atoms. The zero-order chi connectivity index (χ0) is 10.2. The van der Waals surface area contributed by atoms with E-state index >= 15 is 0 Å². The summed E-state index contributed by atoms with van der Waals surface area (Å²) in [6.07, 6.45) is 0. The zero-order valence-electron chi connectivity index (χ0n) is 8.91. The lowest BCUT2D eigenvalue weighted by molar-refractivity contribution is -0.196. The van der Waals surface area contributed by atoms with Crippen LogP contribution < -0.4 is 5.73 Å². The zero-order valence-corrected chi connectivity index (χ0v) is 8.91. The second kappa shape index (κ2) is 3.45. The molecule has 0 saturated carbocycles. The molecule has 0 radical (unpaired) electrons. The van der Waals surface area contributed by atoms with E-state index in [0.717, 1.165) is 0 Å². The molecular weight excluding hydrogens is 182 g/mol. The van der Waals surface area contributed by atoms with Gasteiger partial charge >= 0.3 is 0 Å². The molecule has 0 aliphatic carbocycles. The monoisotopic (exact) mass is 201 g/mol. The first kappa shape index (κ1) is 10.4. The lowest BCUT2D eigenvalue weighted by Crippen LogP contribution is -2.48. The van der Waals surface area contributed by atoms with Gasteiger partial charge < -0.3 is 19.9 Å².